The normalized spacial score (nSPS) is 14.8. The minimum absolute atomic E-state index is 0.197. The second-order valence-corrected chi connectivity index (χ2v) is 7.17. The van der Waals surface area contributed by atoms with Gasteiger partial charge in [-0.3, -0.25) is 9.78 Å². The van der Waals surface area contributed by atoms with Gasteiger partial charge in [-0.15, -0.1) is 0 Å². The number of nitrogens with one attached hydrogen (secondary N) is 3. The summed E-state index contributed by atoms with van der Waals surface area (Å²) in [6.07, 6.45) is 0. The molecule has 2 aromatic carbocycles. The van der Waals surface area contributed by atoms with Crippen LogP contribution in [0.4, 0.5) is 11.6 Å². The fraction of sp³-hybridized carbons (Fsp3) is 0.0952. The average molecular weight is 387 g/mol. The largest absolute Gasteiger partial charge is 0.326 e. The molecule has 0 spiro atoms. The van der Waals surface area contributed by atoms with E-state index < -0.39 is 0 Å². The molecule has 1 aliphatic heterocycles. The summed E-state index contributed by atoms with van der Waals surface area (Å²) >= 11 is 5.20. The van der Waals surface area contributed by atoms with Gasteiger partial charge in [0.15, 0.2) is 4.77 Å². The highest BCUT2D eigenvalue weighted by atomic mass is 32.1. The number of hydrogen-bond donors (Lipinski definition) is 3. The van der Waals surface area contributed by atoms with Gasteiger partial charge < -0.3 is 10.3 Å². The molecule has 28 heavy (non-hydrogen) atoms. The van der Waals surface area contributed by atoms with Gasteiger partial charge in [-0.05, 0) is 36.8 Å². The van der Waals surface area contributed by atoms with Crippen molar-refractivity contribution < 1.29 is 0 Å². The lowest BCUT2D eigenvalue weighted by Crippen LogP contribution is -2.26. The Morgan fingerprint density at radius 1 is 0.964 bits per heavy atom. The summed E-state index contributed by atoms with van der Waals surface area (Å²) < 4.78 is 2.16. The topological polar surface area (TPSA) is 78.5 Å². The number of aryl methyl sites for hydroxylation is 1. The summed E-state index contributed by atoms with van der Waals surface area (Å²) in [5.41, 5.74) is 4.24. The lowest BCUT2D eigenvalue weighted by atomic mass is 9.83. The average Bonchev–Trinajstić information content (AvgIpc) is 3.04. The molecule has 138 valence electrons. The second-order valence-electron chi connectivity index (χ2n) is 6.76. The Kier molecular flexibility index (Phi) is 3.77. The van der Waals surface area contributed by atoms with Crippen LogP contribution in [0.3, 0.4) is 0 Å². The van der Waals surface area contributed by atoms with E-state index in [1.165, 1.54) is 0 Å². The van der Waals surface area contributed by atoms with Gasteiger partial charge >= 0.3 is 0 Å². The summed E-state index contributed by atoms with van der Waals surface area (Å²) in [6.45, 7) is 1.97. The van der Waals surface area contributed by atoms with Gasteiger partial charge in [-0.25, -0.2) is 4.68 Å². The Balaban J connectivity index is 1.84. The maximum Gasteiger partial charge on any atom is 0.257 e. The number of aromatic nitrogens is 4. The fourth-order valence-electron chi connectivity index (χ4n) is 3.87. The fourth-order valence-corrected chi connectivity index (χ4v) is 4.07. The Bertz CT molecular complexity index is 1290. The summed E-state index contributed by atoms with van der Waals surface area (Å²) in [6, 6.07) is 19.9. The van der Waals surface area contributed by atoms with Gasteiger partial charge in [0.2, 0.25) is 0 Å². The van der Waals surface area contributed by atoms with Crippen molar-refractivity contribution in [3.63, 3.8) is 0 Å². The van der Waals surface area contributed by atoms with Crippen LogP contribution >= 0.6 is 12.2 Å². The van der Waals surface area contributed by atoms with Crippen LogP contribution in [0.1, 0.15) is 28.3 Å². The van der Waals surface area contributed by atoms with E-state index in [1.807, 2.05) is 72.3 Å². The van der Waals surface area contributed by atoms with Crippen LogP contribution in [0.2, 0.25) is 0 Å². The third-order valence-corrected chi connectivity index (χ3v) is 5.24. The standard InChI is InChI=1S/C21H17N5OS/c1-12-15-16(13-8-4-2-5-9-13)17-18(23-21(28)24-20(17)27)22-19(15)26(25-12)14-10-6-3-7-11-14/h2-11,16H,1H3,(H3,22,23,24,27,28). The van der Waals surface area contributed by atoms with Gasteiger partial charge in [0.1, 0.15) is 11.6 Å². The molecule has 4 aromatic rings. The molecule has 7 heteroatoms. The second kappa shape index (κ2) is 6.31. The summed E-state index contributed by atoms with van der Waals surface area (Å²) in [5, 5.41) is 8.14. The van der Waals surface area contributed by atoms with Crippen LogP contribution in [0, 0.1) is 11.7 Å². The smallest absolute Gasteiger partial charge is 0.257 e. The van der Waals surface area contributed by atoms with Crippen LogP contribution in [0.25, 0.3) is 5.69 Å². The molecule has 0 saturated heterocycles. The summed E-state index contributed by atoms with van der Waals surface area (Å²) in [4.78, 5) is 18.7. The molecule has 1 aliphatic rings. The SMILES string of the molecule is Cc1nn(-c2ccccc2)c2c1C(c1ccccc1)c1c([nH]c(=S)[nH]c1=O)N2. The maximum absolute atomic E-state index is 12.9. The molecule has 0 aliphatic carbocycles. The van der Waals surface area contributed by atoms with Crippen molar-refractivity contribution in [1.82, 2.24) is 19.7 Å². The van der Waals surface area contributed by atoms with E-state index in [0.29, 0.717) is 11.4 Å². The Morgan fingerprint density at radius 3 is 2.36 bits per heavy atom. The highest BCUT2D eigenvalue weighted by Crippen LogP contribution is 2.44. The van der Waals surface area contributed by atoms with Crippen molar-refractivity contribution >= 4 is 23.9 Å². The monoisotopic (exact) mass is 387 g/mol. The molecule has 6 nitrogen and oxygen atoms in total. The zero-order chi connectivity index (χ0) is 19.3. The van der Waals surface area contributed by atoms with E-state index in [4.69, 9.17) is 17.3 Å². The van der Waals surface area contributed by atoms with Crippen molar-refractivity contribution in [3.8, 4) is 5.69 Å². The van der Waals surface area contributed by atoms with Gasteiger partial charge in [-0.1, -0.05) is 48.5 Å². The summed E-state index contributed by atoms with van der Waals surface area (Å²) in [7, 11) is 0. The van der Waals surface area contributed by atoms with E-state index >= 15 is 0 Å². The first kappa shape index (κ1) is 16.7. The van der Waals surface area contributed by atoms with Crippen LogP contribution in [-0.2, 0) is 0 Å². The van der Waals surface area contributed by atoms with Crippen molar-refractivity contribution in [2.75, 3.05) is 5.32 Å². The van der Waals surface area contributed by atoms with Crippen LogP contribution in [0.15, 0.2) is 65.5 Å². The predicted molar refractivity (Wildman–Crippen MR) is 111 cm³/mol. The minimum atomic E-state index is -0.250. The number of anilines is 2. The Morgan fingerprint density at radius 2 is 1.64 bits per heavy atom. The molecule has 0 fully saturated rings. The number of para-hydroxylation sites is 1. The van der Waals surface area contributed by atoms with Gasteiger partial charge in [0.25, 0.3) is 5.56 Å². The van der Waals surface area contributed by atoms with E-state index in [-0.39, 0.29) is 16.2 Å². The maximum atomic E-state index is 12.9. The zero-order valence-corrected chi connectivity index (χ0v) is 15.9. The van der Waals surface area contributed by atoms with Gasteiger partial charge in [-0.2, -0.15) is 5.10 Å². The number of nitrogens with zero attached hydrogens (tertiary/aromatic N) is 2. The highest BCUT2D eigenvalue weighted by molar-refractivity contribution is 7.71. The van der Waals surface area contributed by atoms with E-state index in [0.717, 1.165) is 28.3 Å². The van der Waals surface area contributed by atoms with Crippen molar-refractivity contribution in [3.05, 3.63) is 98.2 Å². The lowest BCUT2D eigenvalue weighted by molar-refractivity contribution is 0.863. The molecule has 0 saturated carbocycles. The van der Waals surface area contributed by atoms with Crippen molar-refractivity contribution in [2.24, 2.45) is 0 Å². The molecule has 3 heterocycles. The number of aromatic amines is 2. The third kappa shape index (κ3) is 2.51. The first-order valence-electron chi connectivity index (χ1n) is 8.97. The third-order valence-electron chi connectivity index (χ3n) is 5.04. The van der Waals surface area contributed by atoms with Crippen molar-refractivity contribution in [1.29, 1.82) is 0 Å². The molecule has 1 unspecified atom stereocenters. The minimum Gasteiger partial charge on any atom is -0.326 e. The molecule has 5 rings (SSSR count). The number of rotatable bonds is 2. The van der Waals surface area contributed by atoms with Crippen LogP contribution in [-0.4, -0.2) is 19.7 Å². The quantitative estimate of drug-likeness (QED) is 0.397. The molecule has 1 atom stereocenters. The Labute approximate surface area is 165 Å². The van der Waals surface area contributed by atoms with E-state index in [9.17, 15) is 4.79 Å². The molecular formula is C21H17N5OS. The lowest BCUT2D eigenvalue weighted by Gasteiger charge is -2.27. The number of H-pyrrole nitrogens is 2. The Hall–Kier alpha value is -3.45. The van der Waals surface area contributed by atoms with E-state index in [2.05, 4.69) is 15.3 Å². The van der Waals surface area contributed by atoms with Gasteiger partial charge in [0, 0.05) is 11.5 Å². The van der Waals surface area contributed by atoms with Crippen LogP contribution in [0.5, 0.6) is 0 Å². The number of fused-ring (bicyclic) bond motifs is 2. The molecular weight excluding hydrogens is 370 g/mol. The molecule has 0 amide bonds. The van der Waals surface area contributed by atoms with Crippen molar-refractivity contribution in [2.45, 2.75) is 12.8 Å². The first-order chi connectivity index (χ1) is 13.6. The molecule has 3 N–H and O–H groups in total. The number of hydrogen-bond acceptors (Lipinski definition) is 4. The predicted octanol–water partition coefficient (Wildman–Crippen LogP) is 4.16. The molecule has 0 radical (unpaired) electrons. The number of benzene rings is 2. The highest BCUT2D eigenvalue weighted by Gasteiger charge is 2.35. The van der Waals surface area contributed by atoms with Crippen LogP contribution < -0.4 is 10.9 Å². The molecule has 0 bridgehead atoms. The molecule has 2 aromatic heterocycles. The summed E-state index contributed by atoms with van der Waals surface area (Å²) in [5.74, 6) is 1.19. The van der Waals surface area contributed by atoms with E-state index in [1.54, 1.807) is 0 Å². The zero-order valence-electron chi connectivity index (χ0n) is 15.1. The first-order valence-corrected chi connectivity index (χ1v) is 9.37. The van der Waals surface area contributed by atoms with Gasteiger partial charge in [0.05, 0.1) is 16.9 Å².